The average Bonchev–Trinajstić information content (AvgIpc) is 3.38. The summed E-state index contributed by atoms with van der Waals surface area (Å²) >= 11 is 6.08. The highest BCUT2D eigenvalue weighted by molar-refractivity contribution is 6.31. The van der Waals surface area contributed by atoms with E-state index in [4.69, 9.17) is 11.6 Å². The monoisotopic (exact) mass is 454 g/mol. The Bertz CT molecular complexity index is 1080. The van der Waals surface area contributed by atoms with Crippen molar-refractivity contribution in [1.82, 2.24) is 15.1 Å². The van der Waals surface area contributed by atoms with Gasteiger partial charge < -0.3 is 15.5 Å². The van der Waals surface area contributed by atoms with Crippen LogP contribution in [0.1, 0.15) is 35.7 Å². The fourth-order valence-corrected chi connectivity index (χ4v) is 4.21. The van der Waals surface area contributed by atoms with E-state index >= 15 is 0 Å². The Morgan fingerprint density at radius 3 is 2.47 bits per heavy atom. The van der Waals surface area contributed by atoms with Gasteiger partial charge in [0.05, 0.1) is 11.3 Å². The molecule has 32 heavy (non-hydrogen) atoms. The fraction of sp³-hybridized carbons (Fsp3) is 0.304. The number of likely N-dealkylation sites (tertiary alicyclic amines) is 1. The van der Waals surface area contributed by atoms with Gasteiger partial charge in [-0.15, -0.1) is 0 Å². The number of hydrogen-bond acceptors (Lipinski definition) is 4. The molecule has 2 aliphatic heterocycles. The van der Waals surface area contributed by atoms with Gasteiger partial charge in [-0.2, -0.15) is 0 Å². The van der Waals surface area contributed by atoms with Gasteiger partial charge in [-0.3, -0.25) is 19.3 Å². The minimum Gasteiger partial charge on any atom is -0.339 e. The second-order valence-corrected chi connectivity index (χ2v) is 8.49. The average molecular weight is 455 g/mol. The predicted octanol–water partition coefficient (Wildman–Crippen LogP) is 2.98. The highest BCUT2D eigenvalue weighted by atomic mass is 35.5. The van der Waals surface area contributed by atoms with Crippen LogP contribution >= 0.6 is 11.6 Å². The van der Waals surface area contributed by atoms with Crippen molar-refractivity contribution in [3.8, 4) is 0 Å². The summed E-state index contributed by atoms with van der Waals surface area (Å²) in [6, 6.07) is 12.8. The standard InChI is InChI=1S/C23H23ClN4O4/c1-23(15-7-3-2-4-8-15)21(31)28(22(32)26-23)14-19(29)25-18-13-16(24)9-10-17(18)20(30)27-11-5-6-12-27/h2-4,7-10,13H,5-6,11-12,14H2,1H3,(H,25,29)(H,26,32). The van der Waals surface area contributed by atoms with Crippen LogP contribution in [0.2, 0.25) is 5.02 Å². The number of imide groups is 1. The number of nitrogens with one attached hydrogen (secondary N) is 2. The Kier molecular flexibility index (Phi) is 5.88. The van der Waals surface area contributed by atoms with Gasteiger partial charge in [-0.1, -0.05) is 41.9 Å². The number of amides is 5. The number of carbonyl (C=O) groups is 4. The van der Waals surface area contributed by atoms with E-state index in [0.717, 1.165) is 17.7 Å². The molecule has 2 aliphatic rings. The molecular weight excluding hydrogens is 432 g/mol. The summed E-state index contributed by atoms with van der Waals surface area (Å²) < 4.78 is 0. The summed E-state index contributed by atoms with van der Waals surface area (Å²) in [7, 11) is 0. The molecule has 0 radical (unpaired) electrons. The van der Waals surface area contributed by atoms with Crippen LogP contribution in [0.4, 0.5) is 10.5 Å². The van der Waals surface area contributed by atoms with Gasteiger partial charge in [-0.05, 0) is 43.5 Å². The highest BCUT2D eigenvalue weighted by Gasteiger charge is 2.49. The first kappa shape index (κ1) is 21.8. The van der Waals surface area contributed by atoms with Crippen LogP contribution in [0.5, 0.6) is 0 Å². The molecule has 1 atom stereocenters. The Morgan fingerprint density at radius 1 is 1.09 bits per heavy atom. The summed E-state index contributed by atoms with van der Waals surface area (Å²) in [5.41, 5.74) is -0.0752. The Labute approximate surface area is 190 Å². The summed E-state index contributed by atoms with van der Waals surface area (Å²) in [5.74, 6) is -1.33. The summed E-state index contributed by atoms with van der Waals surface area (Å²) in [6.45, 7) is 2.44. The Morgan fingerprint density at radius 2 is 1.78 bits per heavy atom. The molecule has 2 heterocycles. The molecule has 2 aromatic rings. The number of carbonyl (C=O) groups excluding carboxylic acids is 4. The van der Waals surface area contributed by atoms with Gasteiger partial charge in [0.1, 0.15) is 12.1 Å². The van der Waals surface area contributed by atoms with Gasteiger partial charge in [-0.25, -0.2) is 4.79 Å². The Hall–Kier alpha value is -3.39. The minimum absolute atomic E-state index is 0.193. The zero-order valence-corrected chi connectivity index (χ0v) is 18.3. The minimum atomic E-state index is -1.26. The smallest absolute Gasteiger partial charge is 0.325 e. The third kappa shape index (κ3) is 4.05. The molecule has 5 amide bonds. The van der Waals surface area contributed by atoms with E-state index in [1.165, 1.54) is 6.07 Å². The lowest BCUT2D eigenvalue weighted by Crippen LogP contribution is -2.42. The second-order valence-electron chi connectivity index (χ2n) is 8.05. The lowest BCUT2D eigenvalue weighted by Gasteiger charge is -2.22. The number of hydrogen-bond donors (Lipinski definition) is 2. The zero-order chi connectivity index (χ0) is 22.9. The van der Waals surface area contributed by atoms with Gasteiger partial charge in [0, 0.05) is 18.1 Å². The Balaban J connectivity index is 1.51. The van der Waals surface area contributed by atoms with Gasteiger partial charge in [0.15, 0.2) is 0 Å². The van der Waals surface area contributed by atoms with Crippen molar-refractivity contribution in [1.29, 1.82) is 0 Å². The van der Waals surface area contributed by atoms with Crippen LogP contribution in [0.25, 0.3) is 0 Å². The van der Waals surface area contributed by atoms with Crippen molar-refractivity contribution < 1.29 is 19.2 Å². The van der Waals surface area contributed by atoms with Crippen molar-refractivity contribution in [3.63, 3.8) is 0 Å². The number of urea groups is 1. The molecular formula is C23H23ClN4O4. The topological polar surface area (TPSA) is 98.8 Å². The highest BCUT2D eigenvalue weighted by Crippen LogP contribution is 2.29. The third-order valence-corrected chi connectivity index (χ3v) is 6.04. The SMILES string of the molecule is CC1(c2ccccc2)NC(=O)N(CC(=O)Nc2cc(Cl)ccc2C(=O)N2CCCC2)C1=O. The van der Waals surface area contributed by atoms with E-state index in [-0.39, 0.29) is 11.6 Å². The molecule has 2 fully saturated rings. The molecule has 9 heteroatoms. The maximum atomic E-state index is 13.0. The van der Waals surface area contributed by atoms with E-state index in [9.17, 15) is 19.2 Å². The number of benzene rings is 2. The first-order valence-corrected chi connectivity index (χ1v) is 10.8. The fourth-order valence-electron chi connectivity index (χ4n) is 4.04. The third-order valence-electron chi connectivity index (χ3n) is 5.81. The molecule has 2 N–H and O–H groups in total. The van der Waals surface area contributed by atoms with Crippen molar-refractivity contribution in [2.24, 2.45) is 0 Å². The second kappa shape index (κ2) is 8.63. The number of nitrogens with zero attached hydrogens (tertiary/aromatic N) is 2. The predicted molar refractivity (Wildman–Crippen MR) is 119 cm³/mol. The quantitative estimate of drug-likeness (QED) is 0.678. The molecule has 8 nitrogen and oxygen atoms in total. The van der Waals surface area contributed by atoms with Crippen LogP contribution < -0.4 is 10.6 Å². The normalized spacial score (nSPS) is 20.4. The summed E-state index contributed by atoms with van der Waals surface area (Å²) in [4.78, 5) is 53.7. The van der Waals surface area contributed by atoms with Crippen molar-refractivity contribution in [2.45, 2.75) is 25.3 Å². The lowest BCUT2D eigenvalue weighted by atomic mass is 9.92. The van der Waals surface area contributed by atoms with E-state index in [1.54, 1.807) is 48.2 Å². The largest absolute Gasteiger partial charge is 0.339 e. The lowest BCUT2D eigenvalue weighted by molar-refractivity contribution is -0.133. The van der Waals surface area contributed by atoms with Crippen molar-refractivity contribution >= 4 is 41.0 Å². The molecule has 2 aromatic carbocycles. The number of rotatable bonds is 5. The van der Waals surface area contributed by atoms with Gasteiger partial charge in [0.25, 0.3) is 11.8 Å². The van der Waals surface area contributed by atoms with Crippen molar-refractivity contribution in [2.75, 3.05) is 25.0 Å². The van der Waals surface area contributed by atoms with Gasteiger partial charge in [0.2, 0.25) is 5.91 Å². The first-order chi connectivity index (χ1) is 15.3. The summed E-state index contributed by atoms with van der Waals surface area (Å²) in [5, 5.41) is 5.66. The molecule has 166 valence electrons. The molecule has 0 saturated carbocycles. The molecule has 0 aliphatic carbocycles. The van der Waals surface area contributed by atoms with E-state index in [1.807, 2.05) is 6.07 Å². The van der Waals surface area contributed by atoms with Crippen LogP contribution in [0.15, 0.2) is 48.5 Å². The van der Waals surface area contributed by atoms with Crippen LogP contribution in [0.3, 0.4) is 0 Å². The molecule has 1 unspecified atom stereocenters. The molecule has 4 rings (SSSR count). The number of anilines is 1. The molecule has 0 bridgehead atoms. The van der Waals surface area contributed by atoms with Crippen LogP contribution in [-0.2, 0) is 15.1 Å². The molecule has 0 aromatic heterocycles. The van der Waals surface area contributed by atoms with E-state index in [2.05, 4.69) is 10.6 Å². The van der Waals surface area contributed by atoms with Crippen LogP contribution in [0, 0.1) is 0 Å². The number of halogens is 1. The molecule has 2 saturated heterocycles. The van der Waals surface area contributed by atoms with Crippen LogP contribution in [-0.4, -0.2) is 53.2 Å². The van der Waals surface area contributed by atoms with E-state index < -0.39 is 29.9 Å². The maximum absolute atomic E-state index is 13.0. The first-order valence-electron chi connectivity index (χ1n) is 10.4. The van der Waals surface area contributed by atoms with Gasteiger partial charge >= 0.3 is 6.03 Å². The maximum Gasteiger partial charge on any atom is 0.325 e. The van der Waals surface area contributed by atoms with Crippen molar-refractivity contribution in [3.05, 3.63) is 64.7 Å². The van der Waals surface area contributed by atoms with E-state index in [0.29, 0.717) is 29.2 Å². The summed E-state index contributed by atoms with van der Waals surface area (Å²) in [6.07, 6.45) is 1.88. The zero-order valence-electron chi connectivity index (χ0n) is 17.6. The molecule has 0 spiro atoms.